The van der Waals surface area contributed by atoms with E-state index in [2.05, 4.69) is 0 Å². The van der Waals surface area contributed by atoms with Gasteiger partial charge < -0.3 is 15.3 Å². The smallest absolute Gasteiger partial charge is 0.165 e. The molecule has 0 aromatic heterocycles. The number of aromatic hydroxyl groups is 3. The van der Waals surface area contributed by atoms with Crippen LogP contribution in [0.3, 0.4) is 0 Å². The zero-order chi connectivity index (χ0) is 9.42. The molecule has 0 saturated heterocycles. The molecular formula is C10H8O3. The Morgan fingerprint density at radius 3 is 2.08 bits per heavy atom. The highest BCUT2D eigenvalue weighted by Crippen LogP contribution is 2.38. The monoisotopic (exact) mass is 176 g/mol. The first kappa shape index (κ1) is 7.73. The minimum absolute atomic E-state index is 0.0362. The van der Waals surface area contributed by atoms with Gasteiger partial charge in [-0.1, -0.05) is 24.3 Å². The van der Waals surface area contributed by atoms with Crippen molar-refractivity contribution in [2.75, 3.05) is 0 Å². The summed E-state index contributed by atoms with van der Waals surface area (Å²) in [5, 5.41) is 29.0. The third-order valence-electron chi connectivity index (χ3n) is 1.97. The standard InChI is InChI=1S/C10H8O3/c11-8-5-9(12)10(13)7-4-2-1-3-6(7)8/h1-5,11-13H. The Bertz CT molecular complexity index is 463. The van der Waals surface area contributed by atoms with Crippen LogP contribution in [0.25, 0.3) is 10.8 Å². The Balaban J connectivity index is 2.97. The second kappa shape index (κ2) is 2.55. The van der Waals surface area contributed by atoms with Gasteiger partial charge in [0.1, 0.15) is 5.75 Å². The lowest BCUT2D eigenvalue weighted by Crippen LogP contribution is -1.76. The third kappa shape index (κ3) is 1.05. The maximum absolute atomic E-state index is 9.42. The largest absolute Gasteiger partial charge is 0.507 e. The van der Waals surface area contributed by atoms with Gasteiger partial charge in [-0.2, -0.15) is 0 Å². The van der Waals surface area contributed by atoms with Gasteiger partial charge >= 0.3 is 0 Å². The van der Waals surface area contributed by atoms with E-state index in [9.17, 15) is 15.3 Å². The Hall–Kier alpha value is -1.90. The molecular weight excluding hydrogens is 168 g/mol. The third-order valence-corrected chi connectivity index (χ3v) is 1.97. The second-order valence-corrected chi connectivity index (χ2v) is 2.81. The van der Waals surface area contributed by atoms with Crippen molar-refractivity contribution in [1.29, 1.82) is 0 Å². The Morgan fingerprint density at radius 1 is 0.769 bits per heavy atom. The van der Waals surface area contributed by atoms with Crippen molar-refractivity contribution >= 4 is 10.8 Å². The lowest BCUT2D eigenvalue weighted by atomic mass is 10.1. The fourth-order valence-corrected chi connectivity index (χ4v) is 1.33. The van der Waals surface area contributed by atoms with Gasteiger partial charge in [-0.25, -0.2) is 0 Å². The summed E-state index contributed by atoms with van der Waals surface area (Å²) in [6.45, 7) is 0. The first-order valence-corrected chi connectivity index (χ1v) is 3.83. The molecule has 0 aliphatic rings. The Morgan fingerprint density at radius 2 is 1.38 bits per heavy atom. The molecule has 0 saturated carbocycles. The number of fused-ring (bicyclic) bond motifs is 1. The summed E-state index contributed by atoms with van der Waals surface area (Å²) in [5.41, 5.74) is 0. The summed E-state index contributed by atoms with van der Waals surface area (Å²) in [4.78, 5) is 0. The summed E-state index contributed by atoms with van der Waals surface area (Å²) in [7, 11) is 0. The number of benzene rings is 2. The zero-order valence-electron chi connectivity index (χ0n) is 6.73. The number of hydrogen-bond acceptors (Lipinski definition) is 3. The molecule has 0 heterocycles. The van der Waals surface area contributed by atoms with Gasteiger partial charge in [-0.05, 0) is 0 Å². The lowest BCUT2D eigenvalue weighted by molar-refractivity contribution is 0.402. The van der Waals surface area contributed by atoms with Gasteiger partial charge in [0.25, 0.3) is 0 Å². The topological polar surface area (TPSA) is 60.7 Å². The van der Waals surface area contributed by atoms with E-state index in [-0.39, 0.29) is 17.2 Å². The number of rotatable bonds is 0. The van der Waals surface area contributed by atoms with Gasteiger partial charge in [-0.15, -0.1) is 0 Å². The molecule has 0 fully saturated rings. The first-order valence-electron chi connectivity index (χ1n) is 3.83. The Labute approximate surface area is 74.5 Å². The highest BCUT2D eigenvalue weighted by molar-refractivity contribution is 5.94. The molecule has 13 heavy (non-hydrogen) atoms. The second-order valence-electron chi connectivity index (χ2n) is 2.81. The summed E-state index contributed by atoms with van der Waals surface area (Å²) >= 11 is 0. The summed E-state index contributed by atoms with van der Waals surface area (Å²) in [6, 6.07) is 7.89. The van der Waals surface area contributed by atoms with Crippen LogP contribution in [0.15, 0.2) is 30.3 Å². The van der Waals surface area contributed by atoms with Crippen LogP contribution in [0.4, 0.5) is 0 Å². The number of phenols is 3. The van der Waals surface area contributed by atoms with E-state index in [1.165, 1.54) is 0 Å². The molecule has 2 aromatic carbocycles. The highest BCUT2D eigenvalue weighted by Gasteiger charge is 2.08. The molecule has 0 unspecified atom stereocenters. The SMILES string of the molecule is Oc1cc(O)c2ccccc2c1O. The average Bonchev–Trinajstić information content (AvgIpc) is 2.15. The van der Waals surface area contributed by atoms with Gasteiger partial charge in [0.2, 0.25) is 0 Å². The van der Waals surface area contributed by atoms with Crippen molar-refractivity contribution in [3.05, 3.63) is 30.3 Å². The van der Waals surface area contributed by atoms with Crippen LogP contribution in [-0.4, -0.2) is 15.3 Å². The van der Waals surface area contributed by atoms with Crippen LogP contribution in [0, 0.1) is 0 Å². The maximum atomic E-state index is 9.42. The molecule has 2 rings (SSSR count). The zero-order valence-corrected chi connectivity index (χ0v) is 6.73. The normalized spacial score (nSPS) is 10.5. The summed E-state index contributed by atoms with van der Waals surface area (Å²) in [6.07, 6.45) is 0. The summed E-state index contributed by atoms with van der Waals surface area (Å²) in [5.74, 6) is -0.546. The number of hydrogen-bond donors (Lipinski definition) is 3. The molecule has 3 nitrogen and oxygen atoms in total. The van der Waals surface area contributed by atoms with Crippen LogP contribution in [0.5, 0.6) is 17.2 Å². The fourth-order valence-electron chi connectivity index (χ4n) is 1.33. The highest BCUT2D eigenvalue weighted by atomic mass is 16.3. The van der Waals surface area contributed by atoms with Gasteiger partial charge in [0.05, 0.1) is 0 Å². The molecule has 2 aromatic rings. The molecule has 0 radical (unpaired) electrons. The molecule has 3 N–H and O–H groups in total. The maximum Gasteiger partial charge on any atom is 0.165 e. The van der Waals surface area contributed by atoms with Crippen LogP contribution < -0.4 is 0 Å². The quantitative estimate of drug-likeness (QED) is 0.424. The van der Waals surface area contributed by atoms with E-state index < -0.39 is 0 Å². The molecule has 0 amide bonds. The van der Waals surface area contributed by atoms with E-state index >= 15 is 0 Å². The Kier molecular flexibility index (Phi) is 1.52. The first-order chi connectivity index (χ1) is 6.20. The van der Waals surface area contributed by atoms with Crippen molar-refractivity contribution in [2.45, 2.75) is 0 Å². The lowest BCUT2D eigenvalue weighted by Gasteiger charge is -2.04. The minimum Gasteiger partial charge on any atom is -0.507 e. The molecule has 0 bridgehead atoms. The van der Waals surface area contributed by atoms with Crippen LogP contribution in [0.2, 0.25) is 0 Å². The fraction of sp³-hybridized carbons (Fsp3) is 0. The molecule has 0 aliphatic heterocycles. The van der Waals surface area contributed by atoms with E-state index in [0.29, 0.717) is 10.8 Å². The van der Waals surface area contributed by atoms with Gasteiger partial charge in [-0.3, -0.25) is 0 Å². The van der Waals surface area contributed by atoms with Crippen molar-refractivity contribution in [3.63, 3.8) is 0 Å². The molecule has 3 heteroatoms. The van der Waals surface area contributed by atoms with Crippen molar-refractivity contribution in [3.8, 4) is 17.2 Å². The van der Waals surface area contributed by atoms with E-state index in [0.717, 1.165) is 6.07 Å². The average molecular weight is 176 g/mol. The molecule has 0 spiro atoms. The molecule has 0 atom stereocenters. The van der Waals surface area contributed by atoms with Gasteiger partial charge in [0.15, 0.2) is 11.5 Å². The number of phenolic OH excluding ortho intramolecular Hbond substituents is 3. The van der Waals surface area contributed by atoms with E-state index in [1.54, 1.807) is 24.3 Å². The van der Waals surface area contributed by atoms with E-state index in [1.807, 2.05) is 0 Å². The van der Waals surface area contributed by atoms with Crippen molar-refractivity contribution in [2.24, 2.45) is 0 Å². The minimum atomic E-state index is -0.309. The van der Waals surface area contributed by atoms with Crippen LogP contribution >= 0.6 is 0 Å². The van der Waals surface area contributed by atoms with Crippen molar-refractivity contribution < 1.29 is 15.3 Å². The summed E-state index contributed by atoms with van der Waals surface area (Å²) < 4.78 is 0. The molecule has 0 aliphatic carbocycles. The van der Waals surface area contributed by atoms with E-state index in [4.69, 9.17) is 0 Å². The predicted octanol–water partition coefficient (Wildman–Crippen LogP) is 1.96. The van der Waals surface area contributed by atoms with Crippen LogP contribution in [0.1, 0.15) is 0 Å². The van der Waals surface area contributed by atoms with Crippen molar-refractivity contribution in [1.82, 2.24) is 0 Å². The van der Waals surface area contributed by atoms with Crippen LogP contribution in [-0.2, 0) is 0 Å². The predicted molar refractivity (Wildman–Crippen MR) is 48.9 cm³/mol. The van der Waals surface area contributed by atoms with Gasteiger partial charge in [0, 0.05) is 16.8 Å². The molecule has 66 valence electrons.